The first kappa shape index (κ1) is 30.2. The molecule has 1 atom stereocenters. The van der Waals surface area contributed by atoms with Crippen LogP contribution in [0.25, 0.3) is 0 Å². The van der Waals surface area contributed by atoms with Gasteiger partial charge in [0.25, 0.3) is 10.0 Å². The van der Waals surface area contributed by atoms with Crippen molar-refractivity contribution in [2.45, 2.75) is 65.1 Å². The van der Waals surface area contributed by atoms with E-state index in [-0.39, 0.29) is 29.1 Å². The summed E-state index contributed by atoms with van der Waals surface area (Å²) >= 11 is 6.37. The highest BCUT2D eigenvalue weighted by Crippen LogP contribution is 2.29. The topological polar surface area (TPSA) is 86.8 Å². The fourth-order valence-electron chi connectivity index (χ4n) is 4.10. The molecule has 0 saturated heterocycles. The molecule has 0 unspecified atom stereocenters. The number of nitrogens with one attached hydrogen (secondary N) is 1. The van der Waals surface area contributed by atoms with Crippen LogP contribution in [-0.4, -0.2) is 43.8 Å². The third-order valence-electron chi connectivity index (χ3n) is 6.36. The summed E-state index contributed by atoms with van der Waals surface area (Å²) in [5, 5.41) is 3.23. The minimum absolute atomic E-state index is 0.0495. The maximum atomic E-state index is 13.9. The van der Waals surface area contributed by atoms with Gasteiger partial charge in [-0.15, -0.1) is 0 Å². The number of hydrogen-bond donors (Lipinski definition) is 1. The highest BCUT2D eigenvalue weighted by molar-refractivity contribution is 7.92. The van der Waals surface area contributed by atoms with Crippen molar-refractivity contribution in [3.8, 4) is 0 Å². The summed E-state index contributed by atoms with van der Waals surface area (Å²) in [5.41, 5.74) is 3.79. The van der Waals surface area contributed by atoms with E-state index in [1.807, 2.05) is 58.9 Å². The SMILES string of the molecule is Cc1ccc(S(=O)(=O)N(CC(=O)N(Cc2cccc(C)c2)[C@H](C)C(=O)NC(C)C)c2ccc(C)c(Cl)c2)cc1. The number of nitrogens with zero attached hydrogens (tertiary/aromatic N) is 2. The molecule has 9 heteroatoms. The van der Waals surface area contributed by atoms with Crippen LogP contribution in [0.3, 0.4) is 0 Å². The molecular weight excluding hydrogens is 534 g/mol. The molecule has 208 valence electrons. The fraction of sp³-hybridized carbons (Fsp3) is 0.333. The molecule has 0 spiro atoms. The number of anilines is 1. The molecule has 2 amide bonds. The summed E-state index contributed by atoms with van der Waals surface area (Å²) in [6, 6.07) is 18.0. The minimum atomic E-state index is -4.15. The van der Waals surface area contributed by atoms with Gasteiger partial charge in [0.2, 0.25) is 11.8 Å². The van der Waals surface area contributed by atoms with Gasteiger partial charge < -0.3 is 10.2 Å². The smallest absolute Gasteiger partial charge is 0.264 e. The molecule has 3 rings (SSSR count). The molecule has 0 aliphatic carbocycles. The van der Waals surface area contributed by atoms with Crippen LogP contribution in [0.15, 0.2) is 71.6 Å². The van der Waals surface area contributed by atoms with Crippen molar-refractivity contribution < 1.29 is 18.0 Å². The van der Waals surface area contributed by atoms with Crippen LogP contribution < -0.4 is 9.62 Å². The minimum Gasteiger partial charge on any atom is -0.352 e. The lowest BCUT2D eigenvalue weighted by Crippen LogP contribution is -2.52. The molecule has 0 aromatic heterocycles. The predicted octanol–water partition coefficient (Wildman–Crippen LogP) is 5.40. The first-order chi connectivity index (χ1) is 18.3. The average Bonchev–Trinajstić information content (AvgIpc) is 2.87. The highest BCUT2D eigenvalue weighted by Gasteiger charge is 2.33. The van der Waals surface area contributed by atoms with Crippen LogP contribution in [-0.2, 0) is 26.2 Å². The third-order valence-corrected chi connectivity index (χ3v) is 8.56. The molecule has 1 N–H and O–H groups in total. The van der Waals surface area contributed by atoms with E-state index in [2.05, 4.69) is 5.32 Å². The molecule has 0 fully saturated rings. The second-order valence-electron chi connectivity index (χ2n) is 10.1. The van der Waals surface area contributed by atoms with E-state index >= 15 is 0 Å². The Kier molecular flexibility index (Phi) is 9.80. The summed E-state index contributed by atoms with van der Waals surface area (Å²) < 4.78 is 28.8. The number of carbonyl (C=O) groups excluding carboxylic acids is 2. The predicted molar refractivity (Wildman–Crippen MR) is 156 cm³/mol. The second-order valence-corrected chi connectivity index (χ2v) is 12.4. The highest BCUT2D eigenvalue weighted by atomic mass is 35.5. The van der Waals surface area contributed by atoms with E-state index < -0.39 is 28.5 Å². The van der Waals surface area contributed by atoms with Crippen molar-refractivity contribution in [3.63, 3.8) is 0 Å². The lowest BCUT2D eigenvalue weighted by molar-refractivity contribution is -0.139. The Morgan fingerprint density at radius 1 is 0.897 bits per heavy atom. The van der Waals surface area contributed by atoms with Gasteiger partial charge >= 0.3 is 0 Å². The van der Waals surface area contributed by atoms with Crippen LogP contribution in [0.5, 0.6) is 0 Å². The van der Waals surface area contributed by atoms with Crippen molar-refractivity contribution in [1.82, 2.24) is 10.2 Å². The third kappa shape index (κ3) is 7.61. The second kappa shape index (κ2) is 12.7. The van der Waals surface area contributed by atoms with Crippen molar-refractivity contribution in [2.75, 3.05) is 10.8 Å². The Hall–Kier alpha value is -3.36. The number of benzene rings is 3. The Balaban J connectivity index is 2.06. The van der Waals surface area contributed by atoms with Gasteiger partial charge in [-0.1, -0.05) is 65.2 Å². The summed E-state index contributed by atoms with van der Waals surface area (Å²) in [6.07, 6.45) is 0. The summed E-state index contributed by atoms with van der Waals surface area (Å²) in [7, 11) is -4.15. The first-order valence-electron chi connectivity index (χ1n) is 12.8. The number of halogens is 1. The van der Waals surface area contributed by atoms with Gasteiger partial charge in [-0.3, -0.25) is 13.9 Å². The van der Waals surface area contributed by atoms with E-state index in [0.29, 0.717) is 5.02 Å². The van der Waals surface area contributed by atoms with Gasteiger partial charge in [0, 0.05) is 17.6 Å². The number of rotatable bonds is 10. The molecule has 0 radical (unpaired) electrons. The lowest BCUT2D eigenvalue weighted by atomic mass is 10.1. The van der Waals surface area contributed by atoms with Crippen molar-refractivity contribution in [3.05, 3.63) is 94.0 Å². The first-order valence-corrected chi connectivity index (χ1v) is 14.6. The maximum Gasteiger partial charge on any atom is 0.264 e. The van der Waals surface area contributed by atoms with Crippen molar-refractivity contribution in [1.29, 1.82) is 0 Å². The molecule has 3 aromatic rings. The number of amides is 2. The average molecular weight is 570 g/mol. The molecule has 3 aromatic carbocycles. The van der Waals surface area contributed by atoms with Crippen molar-refractivity contribution in [2.24, 2.45) is 0 Å². The maximum absolute atomic E-state index is 13.9. The molecule has 7 nitrogen and oxygen atoms in total. The quantitative estimate of drug-likeness (QED) is 0.354. The van der Waals surface area contributed by atoms with Crippen LogP contribution in [0.4, 0.5) is 5.69 Å². The Morgan fingerprint density at radius 2 is 1.56 bits per heavy atom. The number of carbonyl (C=O) groups is 2. The van der Waals surface area contributed by atoms with Crippen LogP contribution >= 0.6 is 11.6 Å². The number of hydrogen-bond acceptors (Lipinski definition) is 4. The van der Waals surface area contributed by atoms with Crippen LogP contribution in [0.2, 0.25) is 5.02 Å². The normalized spacial score (nSPS) is 12.2. The van der Waals surface area contributed by atoms with Crippen LogP contribution in [0, 0.1) is 20.8 Å². The Bertz CT molecular complexity index is 1440. The molecule has 0 aliphatic rings. The van der Waals surface area contributed by atoms with E-state index in [1.54, 1.807) is 31.2 Å². The zero-order valence-corrected chi connectivity index (χ0v) is 24.8. The molecule has 0 bridgehead atoms. The molecule has 0 aliphatic heterocycles. The summed E-state index contributed by atoms with van der Waals surface area (Å²) in [6.45, 7) is 10.6. The van der Waals surface area contributed by atoms with Gasteiger partial charge in [0.15, 0.2) is 0 Å². The molecule has 39 heavy (non-hydrogen) atoms. The molecule has 0 heterocycles. The molecular formula is C30H36ClN3O4S. The zero-order chi connectivity index (χ0) is 28.9. The lowest BCUT2D eigenvalue weighted by Gasteiger charge is -2.32. The summed E-state index contributed by atoms with van der Waals surface area (Å²) in [4.78, 5) is 28.4. The Labute approximate surface area is 236 Å². The Morgan fingerprint density at radius 3 is 2.15 bits per heavy atom. The van der Waals surface area contributed by atoms with Gasteiger partial charge in [0.05, 0.1) is 10.6 Å². The zero-order valence-electron chi connectivity index (χ0n) is 23.2. The van der Waals surface area contributed by atoms with Gasteiger partial charge in [-0.05, 0) is 76.9 Å². The van der Waals surface area contributed by atoms with Crippen molar-refractivity contribution >= 4 is 39.1 Å². The van der Waals surface area contributed by atoms with Crippen LogP contribution in [0.1, 0.15) is 43.0 Å². The number of sulfonamides is 1. The molecule has 0 saturated carbocycles. The van der Waals surface area contributed by atoms with Gasteiger partial charge in [0.1, 0.15) is 12.6 Å². The van der Waals surface area contributed by atoms with E-state index in [0.717, 1.165) is 26.6 Å². The standard InChI is InChI=1S/C30H36ClN3O4S/c1-20(2)32-30(36)24(6)33(18-25-9-7-8-22(4)16-25)29(35)19-34(26-13-12-23(5)28(31)17-26)39(37,38)27-14-10-21(3)11-15-27/h7-17,20,24H,18-19H2,1-6H3,(H,32,36)/t24-/m1/s1. The fourth-order valence-corrected chi connectivity index (χ4v) is 5.68. The van der Waals surface area contributed by atoms with Gasteiger partial charge in [-0.25, -0.2) is 8.42 Å². The van der Waals surface area contributed by atoms with E-state index in [9.17, 15) is 18.0 Å². The summed E-state index contributed by atoms with van der Waals surface area (Å²) in [5.74, 6) is -0.840. The monoisotopic (exact) mass is 569 g/mol. The van der Waals surface area contributed by atoms with E-state index in [1.165, 1.54) is 23.1 Å². The largest absolute Gasteiger partial charge is 0.352 e. The van der Waals surface area contributed by atoms with Gasteiger partial charge in [-0.2, -0.15) is 0 Å². The van der Waals surface area contributed by atoms with E-state index in [4.69, 9.17) is 11.6 Å². The number of aryl methyl sites for hydroxylation is 3.